The van der Waals surface area contributed by atoms with E-state index in [1.807, 2.05) is 0 Å². The van der Waals surface area contributed by atoms with Gasteiger partial charge in [-0.25, -0.2) is 0 Å². The van der Waals surface area contributed by atoms with Crippen LogP contribution in [0.25, 0.3) is 0 Å². The smallest absolute Gasteiger partial charge is 0.306 e. The number of likely N-dealkylation sites (N-methyl/N-ethyl adjacent to an activating group) is 1. The fraction of sp³-hybridized carbons (Fsp3) is 0.722. The van der Waals surface area contributed by atoms with E-state index in [4.69, 9.17) is 14.2 Å². The van der Waals surface area contributed by atoms with Gasteiger partial charge in [-0.1, -0.05) is 170 Å². The maximum absolute atomic E-state index is 12.8. The summed E-state index contributed by atoms with van der Waals surface area (Å²) in [4.78, 5) is 37.0. The molecule has 0 fully saturated rings. The van der Waals surface area contributed by atoms with E-state index in [2.05, 4.69) is 86.8 Å². The van der Waals surface area contributed by atoms with Crippen LogP contribution in [0.3, 0.4) is 0 Å². The summed E-state index contributed by atoms with van der Waals surface area (Å²) in [7, 11) is 5.40. The van der Waals surface area contributed by atoms with Gasteiger partial charge >= 0.3 is 11.9 Å². The minimum Gasteiger partial charge on any atom is -0.544 e. The third kappa shape index (κ3) is 42.1. The highest BCUT2D eigenvalue weighted by molar-refractivity contribution is 5.70. The SMILES string of the molecule is CC/C=C\C/C=C\C/C=C\C/C=C\CCCCCCCCCCC(=O)OC(COCCC(C(=O)[O-])[N+](C)(C)C)COC(=O)CCCCCCCCC/C=C\C/C=C\CCCCC. The van der Waals surface area contributed by atoms with Gasteiger partial charge in [0.25, 0.3) is 0 Å². The van der Waals surface area contributed by atoms with E-state index in [0.29, 0.717) is 12.8 Å². The zero-order chi connectivity index (χ0) is 45.6. The molecule has 0 amide bonds. The summed E-state index contributed by atoms with van der Waals surface area (Å²) in [6, 6.07) is -0.732. The van der Waals surface area contributed by atoms with Gasteiger partial charge in [0.2, 0.25) is 0 Å². The summed E-state index contributed by atoms with van der Waals surface area (Å²) >= 11 is 0. The predicted molar refractivity (Wildman–Crippen MR) is 259 cm³/mol. The van der Waals surface area contributed by atoms with Crippen molar-refractivity contribution in [2.45, 2.75) is 212 Å². The monoisotopic (exact) mass is 868 g/mol. The molecule has 0 aromatic rings. The van der Waals surface area contributed by atoms with Gasteiger partial charge in [0, 0.05) is 19.3 Å². The number of quaternary nitrogens is 1. The number of carbonyl (C=O) groups is 3. The lowest BCUT2D eigenvalue weighted by Crippen LogP contribution is -2.55. The average molecular weight is 868 g/mol. The molecular formula is C54H93NO7. The van der Waals surface area contributed by atoms with Crippen LogP contribution in [-0.2, 0) is 28.6 Å². The van der Waals surface area contributed by atoms with Crippen LogP contribution in [0, 0.1) is 0 Å². The largest absolute Gasteiger partial charge is 0.544 e. The van der Waals surface area contributed by atoms with Crippen molar-refractivity contribution in [1.29, 1.82) is 0 Å². The van der Waals surface area contributed by atoms with Gasteiger partial charge in [0.05, 0.1) is 40.3 Å². The Kier molecular flexibility index (Phi) is 42.1. The Hall–Kier alpha value is -3.23. The van der Waals surface area contributed by atoms with Crippen LogP contribution in [0.15, 0.2) is 72.9 Å². The average Bonchev–Trinajstić information content (AvgIpc) is 3.23. The molecule has 0 N–H and O–H groups in total. The van der Waals surface area contributed by atoms with E-state index in [1.165, 1.54) is 83.5 Å². The fourth-order valence-electron chi connectivity index (χ4n) is 6.97. The molecule has 0 aliphatic heterocycles. The molecule has 0 radical (unpaired) electrons. The first-order valence-electron chi connectivity index (χ1n) is 25.0. The Morgan fingerprint density at radius 1 is 0.500 bits per heavy atom. The highest BCUT2D eigenvalue weighted by atomic mass is 16.6. The Morgan fingerprint density at radius 3 is 1.34 bits per heavy atom. The first-order chi connectivity index (χ1) is 30.1. The number of carboxylic acid groups (broad SMARTS) is 1. The second-order valence-corrected chi connectivity index (χ2v) is 17.7. The molecule has 0 saturated carbocycles. The lowest BCUT2D eigenvalue weighted by atomic mass is 10.1. The van der Waals surface area contributed by atoms with Crippen LogP contribution in [0.1, 0.15) is 200 Å². The predicted octanol–water partition coefficient (Wildman–Crippen LogP) is 13.0. The van der Waals surface area contributed by atoms with Gasteiger partial charge in [-0.3, -0.25) is 9.59 Å². The lowest BCUT2D eigenvalue weighted by molar-refractivity contribution is -0.889. The van der Waals surface area contributed by atoms with Gasteiger partial charge < -0.3 is 28.6 Å². The molecule has 0 heterocycles. The number of carbonyl (C=O) groups excluding carboxylic acids is 3. The number of ether oxygens (including phenoxy) is 3. The van der Waals surface area contributed by atoms with E-state index in [1.54, 1.807) is 21.1 Å². The van der Waals surface area contributed by atoms with Crippen molar-refractivity contribution in [1.82, 2.24) is 0 Å². The molecule has 0 aliphatic carbocycles. The number of unbranched alkanes of at least 4 members (excludes halogenated alkanes) is 18. The third-order valence-corrected chi connectivity index (χ3v) is 10.8. The molecule has 0 rings (SSSR count). The third-order valence-electron chi connectivity index (χ3n) is 10.8. The molecule has 2 unspecified atom stereocenters. The van der Waals surface area contributed by atoms with Gasteiger partial charge in [0.1, 0.15) is 12.6 Å². The van der Waals surface area contributed by atoms with Crippen molar-refractivity contribution in [3.8, 4) is 0 Å². The zero-order valence-electron chi connectivity index (χ0n) is 40.5. The zero-order valence-corrected chi connectivity index (χ0v) is 40.5. The van der Waals surface area contributed by atoms with Gasteiger partial charge in [-0.15, -0.1) is 0 Å². The first kappa shape index (κ1) is 58.8. The molecule has 356 valence electrons. The number of allylic oxidation sites excluding steroid dienone is 12. The second kappa shape index (κ2) is 44.4. The van der Waals surface area contributed by atoms with Crippen LogP contribution < -0.4 is 5.11 Å². The van der Waals surface area contributed by atoms with Gasteiger partial charge in [-0.2, -0.15) is 0 Å². The Labute approximate surface area is 381 Å². The Morgan fingerprint density at radius 2 is 0.903 bits per heavy atom. The van der Waals surface area contributed by atoms with Crippen LogP contribution in [0.2, 0.25) is 0 Å². The molecule has 2 atom stereocenters. The molecular weight excluding hydrogens is 775 g/mol. The summed E-state index contributed by atoms with van der Waals surface area (Å²) in [6.45, 7) is 4.51. The maximum Gasteiger partial charge on any atom is 0.306 e. The normalized spacial score (nSPS) is 13.5. The van der Waals surface area contributed by atoms with Crippen molar-refractivity contribution < 1.29 is 38.2 Å². The molecule has 0 bridgehead atoms. The Bertz CT molecular complexity index is 1240. The molecule has 0 saturated heterocycles. The molecule has 8 nitrogen and oxygen atoms in total. The fourth-order valence-corrected chi connectivity index (χ4v) is 6.97. The topological polar surface area (TPSA) is 102 Å². The number of rotatable bonds is 44. The molecule has 0 aromatic carbocycles. The summed E-state index contributed by atoms with van der Waals surface area (Å²) < 4.78 is 17.2. The van der Waals surface area contributed by atoms with Crippen molar-refractivity contribution in [3.05, 3.63) is 72.9 Å². The van der Waals surface area contributed by atoms with Crippen LogP contribution in [0.4, 0.5) is 0 Å². The second-order valence-electron chi connectivity index (χ2n) is 17.7. The first-order valence-corrected chi connectivity index (χ1v) is 25.0. The number of carboxylic acids is 1. The van der Waals surface area contributed by atoms with E-state index in [9.17, 15) is 19.5 Å². The number of hydrogen-bond acceptors (Lipinski definition) is 7. The highest BCUT2D eigenvalue weighted by Gasteiger charge is 2.25. The number of hydrogen-bond donors (Lipinski definition) is 0. The summed E-state index contributed by atoms with van der Waals surface area (Å²) in [5.74, 6) is -1.76. The molecule has 62 heavy (non-hydrogen) atoms. The van der Waals surface area contributed by atoms with Crippen LogP contribution >= 0.6 is 0 Å². The van der Waals surface area contributed by atoms with Crippen LogP contribution in [0.5, 0.6) is 0 Å². The van der Waals surface area contributed by atoms with E-state index < -0.39 is 18.1 Å². The van der Waals surface area contributed by atoms with Gasteiger partial charge in [0.15, 0.2) is 6.10 Å². The molecule has 8 heteroatoms. The van der Waals surface area contributed by atoms with Crippen molar-refractivity contribution >= 4 is 17.9 Å². The maximum atomic E-state index is 12.8. The van der Waals surface area contributed by atoms with Crippen molar-refractivity contribution in [3.63, 3.8) is 0 Å². The summed E-state index contributed by atoms with van der Waals surface area (Å²) in [6.07, 6.45) is 56.3. The quantitative estimate of drug-likeness (QED) is 0.0260. The Balaban J connectivity index is 4.30. The molecule has 0 aromatic heterocycles. The summed E-state index contributed by atoms with van der Waals surface area (Å²) in [5, 5.41) is 11.7. The van der Waals surface area contributed by atoms with E-state index >= 15 is 0 Å². The van der Waals surface area contributed by atoms with Gasteiger partial charge in [-0.05, 0) is 83.5 Å². The van der Waals surface area contributed by atoms with E-state index in [-0.39, 0.29) is 42.7 Å². The standard InChI is InChI=1S/C54H93NO7/c1-6-8-10-12-14-16-18-20-22-24-25-26-27-29-31-33-35-37-39-41-43-45-53(57)62-50(48-60-47-46-51(54(58)59)55(3,4)5)49-61-52(56)44-42-40-38-36-34-32-30-28-23-21-19-17-15-13-11-9-7-2/h8,10,14-17,20-23,25-26,50-51H,6-7,9,11-13,18-19,24,27-49H2,1-5H3/b10-8-,16-14-,17-15-,22-20-,23-21-,26-25-. The van der Waals surface area contributed by atoms with Crippen molar-refractivity contribution in [2.24, 2.45) is 0 Å². The minimum atomic E-state index is -1.13. The van der Waals surface area contributed by atoms with Crippen LogP contribution in [-0.4, -0.2) is 75.5 Å². The lowest BCUT2D eigenvalue weighted by Gasteiger charge is -2.34. The van der Waals surface area contributed by atoms with Crippen molar-refractivity contribution in [2.75, 3.05) is 41.0 Å². The highest BCUT2D eigenvalue weighted by Crippen LogP contribution is 2.14. The number of aliphatic carboxylic acids is 1. The molecule has 0 spiro atoms. The van der Waals surface area contributed by atoms with E-state index in [0.717, 1.165) is 83.5 Å². The number of nitrogens with zero attached hydrogens (tertiary/aromatic N) is 1. The molecule has 0 aliphatic rings. The minimum absolute atomic E-state index is 0.0319. The number of esters is 2. The summed E-state index contributed by atoms with van der Waals surface area (Å²) in [5.41, 5.74) is 0.